The number of hydrogen-bond acceptors (Lipinski definition) is 9. The fourth-order valence-electron chi connectivity index (χ4n) is 3.33. The van der Waals surface area contributed by atoms with Gasteiger partial charge in [-0.1, -0.05) is 0 Å². The number of aromatic nitrogens is 2. The molecule has 0 saturated carbocycles. The second-order valence-electron chi connectivity index (χ2n) is 8.48. The Morgan fingerprint density at radius 2 is 1.62 bits per heavy atom. The van der Waals surface area contributed by atoms with Gasteiger partial charge in [0, 0.05) is 24.7 Å². The number of carboxylic acids is 1. The van der Waals surface area contributed by atoms with Gasteiger partial charge in [-0.3, -0.25) is 19.2 Å². The molecule has 4 unspecified atom stereocenters. The summed E-state index contributed by atoms with van der Waals surface area (Å²) < 4.78 is 0. The monoisotopic (exact) mass is 542 g/mol. The van der Waals surface area contributed by atoms with Crippen molar-refractivity contribution in [2.24, 2.45) is 17.2 Å². The first kappa shape index (κ1) is 31.9. The Bertz CT molecular complexity index is 885. The molecule has 0 aliphatic rings. The molecular formula is C22H38N8O6S. The first-order valence-electron chi connectivity index (χ1n) is 11.9. The lowest BCUT2D eigenvalue weighted by atomic mass is 10.0. The molecule has 0 saturated heterocycles. The van der Waals surface area contributed by atoms with E-state index in [0.717, 1.165) is 0 Å². The first-order chi connectivity index (χ1) is 17.6. The molecule has 208 valence electrons. The van der Waals surface area contributed by atoms with Crippen molar-refractivity contribution in [3.63, 3.8) is 0 Å². The van der Waals surface area contributed by atoms with Crippen LogP contribution in [0.4, 0.5) is 0 Å². The second kappa shape index (κ2) is 17.3. The highest BCUT2D eigenvalue weighted by Gasteiger charge is 2.30. The number of nitrogens with two attached hydrogens (primary N) is 3. The van der Waals surface area contributed by atoms with E-state index in [-0.39, 0.29) is 25.7 Å². The topological polar surface area (TPSA) is 248 Å². The smallest absolute Gasteiger partial charge is 0.326 e. The van der Waals surface area contributed by atoms with Crippen LogP contribution in [0.3, 0.4) is 0 Å². The normalized spacial score (nSPS) is 14.1. The number of hydrogen-bond donors (Lipinski definition) is 8. The lowest BCUT2D eigenvalue weighted by Crippen LogP contribution is -2.57. The Balaban J connectivity index is 2.98. The summed E-state index contributed by atoms with van der Waals surface area (Å²) in [4.78, 5) is 68.3. The third-order valence-electron chi connectivity index (χ3n) is 5.46. The van der Waals surface area contributed by atoms with Crippen LogP contribution in [0, 0.1) is 0 Å². The summed E-state index contributed by atoms with van der Waals surface area (Å²) in [6.45, 7) is 0.395. The lowest BCUT2D eigenvalue weighted by Gasteiger charge is -2.25. The number of H-pyrrole nitrogens is 1. The predicted octanol–water partition coefficient (Wildman–Crippen LogP) is -2.03. The molecule has 0 spiro atoms. The van der Waals surface area contributed by atoms with Gasteiger partial charge in [0.05, 0.1) is 12.4 Å². The average Bonchev–Trinajstić information content (AvgIpc) is 3.36. The minimum absolute atomic E-state index is 0.0801. The van der Waals surface area contributed by atoms with Gasteiger partial charge in [0.1, 0.15) is 18.1 Å². The molecule has 0 aliphatic heterocycles. The number of aliphatic carboxylic acids is 1. The molecule has 0 radical (unpaired) electrons. The van der Waals surface area contributed by atoms with Crippen molar-refractivity contribution in [3.05, 3.63) is 18.2 Å². The quantitative estimate of drug-likeness (QED) is 0.0890. The van der Waals surface area contributed by atoms with Crippen LogP contribution in [0.15, 0.2) is 12.5 Å². The molecule has 15 heteroatoms. The number of imidazole rings is 1. The number of aromatic amines is 1. The molecule has 0 fully saturated rings. The minimum Gasteiger partial charge on any atom is -0.480 e. The van der Waals surface area contributed by atoms with Gasteiger partial charge in [0.2, 0.25) is 23.6 Å². The molecule has 1 rings (SSSR count). The Morgan fingerprint density at radius 3 is 2.16 bits per heavy atom. The summed E-state index contributed by atoms with van der Waals surface area (Å²) in [5.74, 6) is -3.33. The number of carboxylic acid groups (broad SMARTS) is 1. The number of primary amides is 1. The van der Waals surface area contributed by atoms with Crippen LogP contribution in [-0.4, -0.2) is 87.4 Å². The van der Waals surface area contributed by atoms with E-state index in [1.54, 1.807) is 0 Å². The number of unbranched alkanes of at least 4 members (excludes halogenated alkanes) is 1. The van der Waals surface area contributed by atoms with E-state index in [1.807, 2.05) is 6.26 Å². The van der Waals surface area contributed by atoms with E-state index in [1.165, 1.54) is 24.3 Å². The summed E-state index contributed by atoms with van der Waals surface area (Å²) in [5.41, 5.74) is 17.2. The number of rotatable bonds is 19. The van der Waals surface area contributed by atoms with E-state index in [4.69, 9.17) is 17.2 Å². The molecule has 4 atom stereocenters. The van der Waals surface area contributed by atoms with E-state index < -0.39 is 53.8 Å². The van der Waals surface area contributed by atoms with Crippen LogP contribution in [0.1, 0.15) is 44.2 Å². The third-order valence-corrected chi connectivity index (χ3v) is 6.10. The van der Waals surface area contributed by atoms with Crippen LogP contribution < -0.4 is 33.2 Å². The molecule has 37 heavy (non-hydrogen) atoms. The molecule has 1 aromatic heterocycles. The third kappa shape index (κ3) is 12.6. The number of amides is 4. The average molecular weight is 543 g/mol. The molecule has 1 aromatic rings. The van der Waals surface area contributed by atoms with Crippen molar-refractivity contribution in [1.82, 2.24) is 25.9 Å². The van der Waals surface area contributed by atoms with E-state index in [9.17, 15) is 29.1 Å². The maximum absolute atomic E-state index is 13.1. The number of carbonyl (C=O) groups is 5. The van der Waals surface area contributed by atoms with Gasteiger partial charge in [-0.15, -0.1) is 0 Å². The van der Waals surface area contributed by atoms with Crippen molar-refractivity contribution in [1.29, 1.82) is 0 Å². The second-order valence-corrected chi connectivity index (χ2v) is 9.47. The fraction of sp³-hybridized carbons (Fsp3) is 0.636. The SMILES string of the molecule is CSCCC(N)C(=O)NC(CCCCN)C(=O)NC(CCC(N)=O)C(=O)NC(Cc1cnc[nH]1)C(=O)O. The van der Waals surface area contributed by atoms with Crippen molar-refractivity contribution in [2.75, 3.05) is 18.6 Å². The Kier molecular flexibility index (Phi) is 14.9. The van der Waals surface area contributed by atoms with Crippen molar-refractivity contribution in [2.45, 2.75) is 69.1 Å². The molecule has 0 bridgehead atoms. The maximum atomic E-state index is 13.1. The van der Waals surface area contributed by atoms with Crippen molar-refractivity contribution in [3.8, 4) is 0 Å². The number of thioether (sulfide) groups is 1. The number of carbonyl (C=O) groups excluding carboxylic acids is 4. The lowest BCUT2D eigenvalue weighted by molar-refractivity contribution is -0.142. The molecule has 0 aromatic carbocycles. The van der Waals surface area contributed by atoms with Gasteiger partial charge in [0.15, 0.2) is 0 Å². The van der Waals surface area contributed by atoms with Crippen LogP contribution >= 0.6 is 11.8 Å². The largest absolute Gasteiger partial charge is 0.480 e. The van der Waals surface area contributed by atoms with Gasteiger partial charge >= 0.3 is 5.97 Å². The zero-order chi connectivity index (χ0) is 27.8. The maximum Gasteiger partial charge on any atom is 0.326 e. The Hall–Kier alpha value is -3.17. The Morgan fingerprint density at radius 1 is 1.00 bits per heavy atom. The van der Waals surface area contributed by atoms with Crippen molar-refractivity contribution < 1.29 is 29.1 Å². The van der Waals surface area contributed by atoms with E-state index in [0.29, 0.717) is 37.3 Å². The van der Waals surface area contributed by atoms with Gasteiger partial charge in [0.25, 0.3) is 0 Å². The summed E-state index contributed by atoms with van der Waals surface area (Å²) in [6.07, 6.45) is 5.99. The van der Waals surface area contributed by atoms with Gasteiger partial charge in [-0.2, -0.15) is 11.8 Å². The minimum atomic E-state index is -1.32. The van der Waals surface area contributed by atoms with E-state index >= 15 is 0 Å². The molecule has 0 aliphatic carbocycles. The van der Waals surface area contributed by atoms with Crippen LogP contribution in [-0.2, 0) is 30.4 Å². The first-order valence-corrected chi connectivity index (χ1v) is 13.3. The van der Waals surface area contributed by atoms with Gasteiger partial charge in [-0.25, -0.2) is 9.78 Å². The summed E-state index contributed by atoms with van der Waals surface area (Å²) in [5, 5.41) is 17.1. The fourth-order valence-corrected chi connectivity index (χ4v) is 3.82. The number of nitrogens with zero attached hydrogens (tertiary/aromatic N) is 1. The highest BCUT2D eigenvalue weighted by Crippen LogP contribution is 2.07. The standard InChI is InChI=1S/C22H38N8O6S/c1-37-9-7-14(24)19(32)28-15(4-2-3-8-23)20(33)29-16(5-6-18(25)31)21(34)30-17(22(35)36)10-13-11-26-12-27-13/h11-12,14-17H,2-10,23-24H2,1H3,(H2,25,31)(H,26,27)(H,28,32)(H,29,33)(H,30,34)(H,35,36). The summed E-state index contributed by atoms with van der Waals surface area (Å²) >= 11 is 1.53. The van der Waals surface area contributed by atoms with Crippen LogP contribution in [0.5, 0.6) is 0 Å². The number of nitrogens with one attached hydrogen (secondary N) is 4. The highest BCUT2D eigenvalue weighted by molar-refractivity contribution is 7.98. The van der Waals surface area contributed by atoms with E-state index in [2.05, 4.69) is 25.9 Å². The molecule has 4 amide bonds. The Labute approximate surface area is 219 Å². The zero-order valence-corrected chi connectivity index (χ0v) is 21.7. The predicted molar refractivity (Wildman–Crippen MR) is 138 cm³/mol. The van der Waals surface area contributed by atoms with Crippen LogP contribution in [0.25, 0.3) is 0 Å². The summed E-state index contributed by atoms with van der Waals surface area (Å²) in [6, 6.07) is -4.42. The van der Waals surface area contributed by atoms with Gasteiger partial charge < -0.3 is 43.2 Å². The van der Waals surface area contributed by atoms with Gasteiger partial charge in [-0.05, 0) is 50.7 Å². The molecular weight excluding hydrogens is 504 g/mol. The highest BCUT2D eigenvalue weighted by atomic mass is 32.2. The molecule has 14 nitrogen and oxygen atoms in total. The zero-order valence-electron chi connectivity index (χ0n) is 20.9. The van der Waals surface area contributed by atoms with Crippen LogP contribution in [0.2, 0.25) is 0 Å². The molecule has 1 heterocycles. The van der Waals surface area contributed by atoms with Crippen molar-refractivity contribution >= 4 is 41.4 Å². The molecule has 11 N–H and O–H groups in total. The summed E-state index contributed by atoms with van der Waals surface area (Å²) in [7, 11) is 0.